The lowest BCUT2D eigenvalue weighted by molar-refractivity contribution is -0.348. The molecular weight excluding hydrogens is 824 g/mol. The Hall–Kier alpha value is -4.23. The molecule has 6 bridgehead atoms. The number of aliphatic hydroxyl groups is 4. The summed E-state index contributed by atoms with van der Waals surface area (Å²) < 4.78 is 47.3. The maximum atomic E-state index is 13.4. The summed E-state index contributed by atoms with van der Waals surface area (Å²) in [7, 11) is 1.24. The topological polar surface area (TPSA) is 240 Å². The molecule has 0 amide bonds. The summed E-state index contributed by atoms with van der Waals surface area (Å²) in [6.07, 6.45) is 1.01. The minimum Gasteiger partial charge on any atom is -0.466 e. The number of fused-ring (bicyclic) bond motifs is 8. The minimum atomic E-state index is -2.47. The van der Waals surface area contributed by atoms with Gasteiger partial charge in [-0.15, -0.1) is 0 Å². The Labute approximate surface area is 368 Å². The fraction of sp³-hybridized carbons (Fsp3) is 0.674. The fourth-order valence-electron chi connectivity index (χ4n) is 8.79. The fourth-order valence-corrected chi connectivity index (χ4v) is 8.79. The standard InChI is InChI=1S/C46H64O17/c1-9-10-11-12-13-14-37(50)61-42-33-23-40(53)60-41(33)35-24-34(26(2)47)59-39(52)21-29(49)20-31-22-36(57-27(3)48)44(6,7)45(54,62-31)25-32-18-28(19-38(51)56-8)17-30(58-32)15-16-43(4,5)46(42,55)63-35/h11-16,19,23,26,29-32,34-36,41-42,47,49,54-55H,9-10,17-18,20-22,24-25H2,1-8H3/b12-11+,14-13+,16-15-,28-19+/t26-,29-,30+,31-,32+,34?,35-,36+,41+,42-,45+,46-/m1/s1. The van der Waals surface area contributed by atoms with Gasteiger partial charge in [0.15, 0.2) is 18.0 Å². The lowest BCUT2D eigenvalue weighted by atomic mass is 9.70. The average molecular weight is 889 g/mol. The predicted molar refractivity (Wildman–Crippen MR) is 222 cm³/mol. The van der Waals surface area contributed by atoms with Crippen molar-refractivity contribution < 1.29 is 82.3 Å². The van der Waals surface area contributed by atoms with Crippen LogP contribution in [0.2, 0.25) is 0 Å². The first-order valence-corrected chi connectivity index (χ1v) is 21.6. The van der Waals surface area contributed by atoms with Crippen LogP contribution in [-0.2, 0) is 61.9 Å². The van der Waals surface area contributed by atoms with E-state index < -0.39 is 120 Å². The van der Waals surface area contributed by atoms with Crippen LogP contribution in [-0.4, -0.2) is 130 Å². The lowest BCUT2D eigenvalue weighted by Gasteiger charge is -2.53. The number of esters is 5. The van der Waals surface area contributed by atoms with Crippen molar-refractivity contribution in [3.8, 4) is 0 Å². The van der Waals surface area contributed by atoms with Crippen molar-refractivity contribution in [2.45, 2.75) is 179 Å². The molecule has 63 heavy (non-hydrogen) atoms. The van der Waals surface area contributed by atoms with Crippen LogP contribution in [0.25, 0.3) is 0 Å². The molecule has 17 heteroatoms. The Bertz CT molecular complexity index is 1860. The van der Waals surface area contributed by atoms with Crippen molar-refractivity contribution in [3.63, 3.8) is 0 Å². The molecule has 0 aliphatic carbocycles. The summed E-state index contributed by atoms with van der Waals surface area (Å²) in [6, 6.07) is 0. The molecule has 350 valence electrons. The number of cyclic esters (lactones) is 1. The zero-order chi connectivity index (χ0) is 46.5. The van der Waals surface area contributed by atoms with E-state index in [9.17, 15) is 44.4 Å². The van der Waals surface area contributed by atoms with Crippen molar-refractivity contribution >= 4 is 29.8 Å². The largest absolute Gasteiger partial charge is 0.466 e. The quantitative estimate of drug-likeness (QED) is 0.0894. The van der Waals surface area contributed by atoms with E-state index in [1.807, 2.05) is 13.0 Å². The van der Waals surface area contributed by atoms with Crippen LogP contribution in [0.15, 0.2) is 59.8 Å². The van der Waals surface area contributed by atoms with Gasteiger partial charge in [0.25, 0.3) is 0 Å². The van der Waals surface area contributed by atoms with Crippen LogP contribution >= 0.6 is 0 Å². The van der Waals surface area contributed by atoms with Gasteiger partial charge in [-0.25, -0.2) is 14.4 Å². The molecule has 17 nitrogen and oxygen atoms in total. The number of methoxy groups -OCH3 is 1. The van der Waals surface area contributed by atoms with E-state index in [1.165, 1.54) is 33.1 Å². The zero-order valence-corrected chi connectivity index (χ0v) is 37.4. The first-order chi connectivity index (χ1) is 29.5. The Morgan fingerprint density at radius 3 is 2.35 bits per heavy atom. The Morgan fingerprint density at radius 1 is 0.952 bits per heavy atom. The molecule has 0 saturated carbocycles. The zero-order valence-electron chi connectivity index (χ0n) is 37.4. The number of allylic oxidation sites excluding steroid dienone is 3. The van der Waals surface area contributed by atoms with Gasteiger partial charge in [0, 0.05) is 61.8 Å². The van der Waals surface area contributed by atoms with Gasteiger partial charge in [0.2, 0.25) is 5.79 Å². The number of aliphatic hydroxyl groups excluding tert-OH is 2. The third-order valence-electron chi connectivity index (χ3n) is 12.5. The molecule has 5 rings (SSSR count). The van der Waals surface area contributed by atoms with E-state index >= 15 is 0 Å². The number of ether oxygens (including phenoxy) is 8. The van der Waals surface area contributed by atoms with Crippen molar-refractivity contribution in [2.24, 2.45) is 10.8 Å². The Morgan fingerprint density at radius 2 is 1.68 bits per heavy atom. The molecule has 0 radical (unpaired) electrons. The predicted octanol–water partition coefficient (Wildman–Crippen LogP) is 3.64. The van der Waals surface area contributed by atoms with Crippen LogP contribution < -0.4 is 0 Å². The van der Waals surface area contributed by atoms with Gasteiger partial charge in [-0.2, -0.15) is 0 Å². The van der Waals surface area contributed by atoms with Gasteiger partial charge in [0.1, 0.15) is 18.3 Å². The smallest absolute Gasteiger partial charge is 0.331 e. The number of hydrogen-bond acceptors (Lipinski definition) is 17. The summed E-state index contributed by atoms with van der Waals surface area (Å²) in [6.45, 7) is 11.2. The second kappa shape index (κ2) is 20.3. The molecule has 3 fully saturated rings. The molecule has 5 aliphatic rings. The van der Waals surface area contributed by atoms with E-state index in [1.54, 1.807) is 45.9 Å². The highest BCUT2D eigenvalue weighted by molar-refractivity contribution is 5.87. The van der Waals surface area contributed by atoms with Crippen molar-refractivity contribution in [2.75, 3.05) is 7.11 Å². The SMILES string of the molecule is CCC/C=C/C=C/C(=O)O[C@@H]1C2=CC(=O)O[C@@H]2[C@H]2CC([C@@H](C)O)OC(=O)C[C@H](O)C[C@@H]3C[C@H](OC(C)=O)C(C)(C)[C@](O)(C[C@@H]4C/C(=C/C(=O)OC)C[C@H](/C=C\C(C)(C)[C@]1(O)O2)O4)O3. The van der Waals surface area contributed by atoms with Crippen LogP contribution in [0, 0.1) is 10.8 Å². The molecule has 12 atom stereocenters. The second-order valence-corrected chi connectivity index (χ2v) is 18.2. The second-order valence-electron chi connectivity index (χ2n) is 18.2. The van der Waals surface area contributed by atoms with Crippen molar-refractivity contribution in [3.05, 3.63) is 59.8 Å². The summed E-state index contributed by atoms with van der Waals surface area (Å²) in [5.41, 5.74) is -2.09. The van der Waals surface area contributed by atoms with Crippen LogP contribution in [0.3, 0.4) is 0 Å². The third kappa shape index (κ3) is 11.7. The van der Waals surface area contributed by atoms with E-state index in [0.29, 0.717) is 5.57 Å². The molecular formula is C46H64O17. The van der Waals surface area contributed by atoms with Crippen LogP contribution in [0.4, 0.5) is 0 Å². The van der Waals surface area contributed by atoms with Crippen molar-refractivity contribution in [1.82, 2.24) is 0 Å². The summed E-state index contributed by atoms with van der Waals surface area (Å²) in [5, 5.41) is 47.5. The molecule has 5 heterocycles. The van der Waals surface area contributed by atoms with Gasteiger partial charge in [-0.1, -0.05) is 77.0 Å². The number of carbonyl (C=O) groups is 5. The van der Waals surface area contributed by atoms with Gasteiger partial charge < -0.3 is 58.3 Å². The number of rotatable bonds is 8. The molecule has 0 aromatic heterocycles. The Balaban J connectivity index is 1.62. The van der Waals surface area contributed by atoms with Gasteiger partial charge in [-0.3, -0.25) is 9.59 Å². The normalized spacial score (nSPS) is 37.5. The van der Waals surface area contributed by atoms with E-state index in [-0.39, 0.29) is 44.1 Å². The summed E-state index contributed by atoms with van der Waals surface area (Å²) >= 11 is 0. The van der Waals surface area contributed by atoms with Gasteiger partial charge in [0.05, 0.1) is 49.5 Å². The van der Waals surface area contributed by atoms with Gasteiger partial charge >= 0.3 is 29.8 Å². The maximum Gasteiger partial charge on any atom is 0.331 e. The summed E-state index contributed by atoms with van der Waals surface area (Å²) in [4.78, 5) is 64.7. The molecule has 0 aromatic carbocycles. The monoisotopic (exact) mass is 888 g/mol. The molecule has 0 aromatic rings. The molecule has 3 saturated heterocycles. The molecule has 1 unspecified atom stereocenters. The first-order valence-electron chi connectivity index (χ1n) is 21.6. The number of unbranched alkanes of at least 4 members (excludes halogenated alkanes) is 1. The first kappa shape index (κ1) is 49.8. The lowest BCUT2D eigenvalue weighted by Crippen LogP contribution is -2.65. The van der Waals surface area contributed by atoms with Crippen molar-refractivity contribution in [1.29, 1.82) is 0 Å². The van der Waals surface area contributed by atoms with E-state index in [4.69, 9.17) is 37.9 Å². The third-order valence-corrected chi connectivity index (χ3v) is 12.5. The van der Waals surface area contributed by atoms with Crippen LogP contribution in [0.1, 0.15) is 106 Å². The highest BCUT2D eigenvalue weighted by Crippen LogP contribution is 2.51. The molecule has 5 aliphatic heterocycles. The highest BCUT2D eigenvalue weighted by Gasteiger charge is 2.63. The molecule has 4 N–H and O–H groups in total. The Kier molecular flexibility index (Phi) is 16.0. The van der Waals surface area contributed by atoms with E-state index in [0.717, 1.165) is 25.0 Å². The maximum absolute atomic E-state index is 13.4. The molecule has 0 spiro atoms. The summed E-state index contributed by atoms with van der Waals surface area (Å²) in [5.74, 6) is -8.33. The number of hydrogen-bond donors (Lipinski definition) is 4. The number of carbonyl (C=O) groups excluding carboxylic acids is 5. The highest BCUT2D eigenvalue weighted by atomic mass is 16.7. The minimum absolute atomic E-state index is 0.0667. The average Bonchev–Trinajstić information content (AvgIpc) is 3.58. The van der Waals surface area contributed by atoms with E-state index in [2.05, 4.69) is 0 Å². The van der Waals surface area contributed by atoms with Gasteiger partial charge in [-0.05, 0) is 26.2 Å². The van der Waals surface area contributed by atoms with Crippen LogP contribution in [0.5, 0.6) is 0 Å².